The second-order valence-electron chi connectivity index (χ2n) is 7.19. The Morgan fingerprint density at radius 2 is 2.24 bits per heavy atom. The Hall–Kier alpha value is -1.21. The fraction of sp³-hybridized carbons (Fsp3) is 0.778. The Bertz CT molecular complexity index is 556. The van der Waals surface area contributed by atoms with Crippen molar-refractivity contribution in [3.05, 3.63) is 18.7 Å². The molecule has 0 bridgehead atoms. The summed E-state index contributed by atoms with van der Waals surface area (Å²) in [5.41, 5.74) is 0. The topological polar surface area (TPSA) is 54.7 Å². The highest BCUT2D eigenvalue weighted by atomic mass is 32.2. The smallest absolute Gasteiger partial charge is 0.193 e. The van der Waals surface area contributed by atoms with Crippen LogP contribution in [0.15, 0.2) is 23.7 Å². The maximum absolute atomic E-state index is 5.55. The van der Waals surface area contributed by atoms with Crippen molar-refractivity contribution in [1.29, 1.82) is 0 Å². The molecule has 0 spiro atoms. The number of hydrogen-bond acceptors (Lipinski definition) is 4. The minimum Gasteiger partial charge on any atom is -0.381 e. The molecule has 2 aliphatic rings. The summed E-state index contributed by atoms with van der Waals surface area (Å²) in [6, 6.07) is 0.451. The number of aromatic nitrogens is 2. The van der Waals surface area contributed by atoms with Gasteiger partial charge in [0, 0.05) is 57.0 Å². The van der Waals surface area contributed by atoms with Gasteiger partial charge in [-0.15, -0.1) is 0 Å². The number of nitrogens with one attached hydrogen (secondary N) is 1. The number of ether oxygens (including phenoxy) is 1. The van der Waals surface area contributed by atoms with Crippen LogP contribution >= 0.6 is 11.8 Å². The van der Waals surface area contributed by atoms with E-state index < -0.39 is 0 Å². The first-order chi connectivity index (χ1) is 12.2. The van der Waals surface area contributed by atoms with Crippen LogP contribution in [0.25, 0.3) is 0 Å². The lowest BCUT2D eigenvalue weighted by molar-refractivity contribution is 0.0779. The van der Waals surface area contributed by atoms with Gasteiger partial charge in [-0.25, -0.2) is 4.98 Å². The van der Waals surface area contributed by atoms with E-state index in [9.17, 15) is 0 Å². The van der Waals surface area contributed by atoms with Gasteiger partial charge in [-0.05, 0) is 31.4 Å². The molecule has 0 saturated carbocycles. The summed E-state index contributed by atoms with van der Waals surface area (Å²) >= 11 is 1.96. The van der Waals surface area contributed by atoms with Crippen LogP contribution in [0.2, 0.25) is 0 Å². The number of likely N-dealkylation sites (tertiary alicyclic amines) is 1. The fourth-order valence-corrected chi connectivity index (χ4v) is 4.66. The number of guanidine groups is 1. The van der Waals surface area contributed by atoms with Gasteiger partial charge in [-0.3, -0.25) is 4.99 Å². The number of thioether (sulfide) groups is 1. The van der Waals surface area contributed by atoms with Crippen LogP contribution < -0.4 is 5.32 Å². The lowest BCUT2D eigenvalue weighted by Gasteiger charge is -2.41. The molecule has 140 valence electrons. The number of rotatable bonds is 4. The molecule has 2 atom stereocenters. The first-order valence-corrected chi connectivity index (χ1v) is 10.5. The first-order valence-electron chi connectivity index (χ1n) is 9.23. The normalized spacial score (nSPS) is 27.3. The maximum atomic E-state index is 5.55. The van der Waals surface area contributed by atoms with Gasteiger partial charge >= 0.3 is 0 Å². The molecular weight excluding hydrogens is 334 g/mol. The molecule has 0 aliphatic carbocycles. The van der Waals surface area contributed by atoms with Crippen LogP contribution in [-0.2, 0) is 4.74 Å². The molecule has 6 nitrogen and oxygen atoms in total. The molecule has 1 N–H and O–H groups in total. The van der Waals surface area contributed by atoms with E-state index in [0.717, 1.165) is 51.6 Å². The zero-order chi connectivity index (χ0) is 17.7. The number of hydrogen-bond donors (Lipinski definition) is 1. The Labute approximate surface area is 155 Å². The Balaban J connectivity index is 1.62. The van der Waals surface area contributed by atoms with Crippen molar-refractivity contribution in [2.75, 3.05) is 46.2 Å². The second-order valence-corrected chi connectivity index (χ2v) is 8.46. The Morgan fingerprint density at radius 1 is 1.44 bits per heavy atom. The number of imidazole rings is 1. The van der Waals surface area contributed by atoms with E-state index >= 15 is 0 Å². The van der Waals surface area contributed by atoms with E-state index in [4.69, 9.17) is 4.74 Å². The van der Waals surface area contributed by atoms with E-state index in [1.807, 2.05) is 31.3 Å². The van der Waals surface area contributed by atoms with Gasteiger partial charge in [0.05, 0.1) is 12.4 Å². The third-order valence-corrected chi connectivity index (χ3v) is 7.16. The molecule has 0 aromatic carbocycles. The van der Waals surface area contributed by atoms with Gasteiger partial charge in [0.1, 0.15) is 0 Å². The SMILES string of the molecule is CN=C(NCC1(SC)CCOCC1)N1CCC(C)C(n2ccnc2)C1. The fourth-order valence-electron chi connectivity index (χ4n) is 3.86. The van der Waals surface area contributed by atoms with Crippen LogP contribution in [0.5, 0.6) is 0 Å². The van der Waals surface area contributed by atoms with Crippen molar-refractivity contribution in [1.82, 2.24) is 19.8 Å². The Kier molecular flexibility index (Phi) is 6.28. The van der Waals surface area contributed by atoms with Crippen LogP contribution in [0.3, 0.4) is 0 Å². The van der Waals surface area contributed by atoms with E-state index in [0.29, 0.717) is 12.0 Å². The molecule has 7 heteroatoms. The lowest BCUT2D eigenvalue weighted by atomic mass is 9.93. The van der Waals surface area contributed by atoms with Crippen molar-refractivity contribution < 1.29 is 4.74 Å². The van der Waals surface area contributed by atoms with Crippen LogP contribution in [-0.4, -0.2) is 71.3 Å². The highest BCUT2D eigenvalue weighted by molar-refractivity contribution is 8.00. The van der Waals surface area contributed by atoms with Gasteiger partial charge in [-0.2, -0.15) is 11.8 Å². The predicted molar refractivity (Wildman–Crippen MR) is 104 cm³/mol. The van der Waals surface area contributed by atoms with Crippen molar-refractivity contribution in [2.45, 2.75) is 37.0 Å². The van der Waals surface area contributed by atoms with Gasteiger partial charge in [0.25, 0.3) is 0 Å². The molecule has 1 aromatic rings. The quantitative estimate of drug-likeness (QED) is 0.655. The number of nitrogens with zero attached hydrogens (tertiary/aromatic N) is 4. The molecular formula is C18H31N5OS. The van der Waals surface area contributed by atoms with Crippen LogP contribution in [0, 0.1) is 5.92 Å². The summed E-state index contributed by atoms with van der Waals surface area (Å²) in [5.74, 6) is 1.67. The number of piperidine rings is 1. The minimum atomic E-state index is 0.265. The monoisotopic (exact) mass is 365 g/mol. The third kappa shape index (κ3) is 4.31. The largest absolute Gasteiger partial charge is 0.381 e. The van der Waals surface area contributed by atoms with E-state index in [2.05, 4.69) is 44.1 Å². The summed E-state index contributed by atoms with van der Waals surface area (Å²) in [5, 5.41) is 3.66. The molecule has 0 radical (unpaired) electrons. The molecule has 3 rings (SSSR count). The summed E-state index contributed by atoms with van der Waals surface area (Å²) in [6.45, 7) is 7.05. The molecule has 1 aromatic heterocycles. The molecule has 2 fully saturated rings. The highest BCUT2D eigenvalue weighted by Gasteiger charge is 2.33. The first kappa shape index (κ1) is 18.6. The Morgan fingerprint density at radius 3 is 2.88 bits per heavy atom. The van der Waals surface area contributed by atoms with Crippen molar-refractivity contribution in [3.63, 3.8) is 0 Å². The molecule has 3 heterocycles. The average Bonchev–Trinajstić information content (AvgIpc) is 3.18. The van der Waals surface area contributed by atoms with Crippen LogP contribution in [0.1, 0.15) is 32.2 Å². The molecule has 2 aliphatic heterocycles. The zero-order valence-corrected chi connectivity index (χ0v) is 16.5. The highest BCUT2D eigenvalue weighted by Crippen LogP contribution is 2.33. The summed E-state index contributed by atoms with van der Waals surface area (Å²) in [4.78, 5) is 11.2. The summed E-state index contributed by atoms with van der Waals surface area (Å²) in [7, 11) is 1.89. The molecule has 25 heavy (non-hydrogen) atoms. The van der Waals surface area contributed by atoms with Gasteiger partial charge in [0.2, 0.25) is 0 Å². The lowest BCUT2D eigenvalue weighted by Crippen LogP contribution is -2.52. The summed E-state index contributed by atoms with van der Waals surface area (Å²) < 4.78 is 8.06. The van der Waals surface area contributed by atoms with E-state index in [-0.39, 0.29) is 4.75 Å². The zero-order valence-electron chi connectivity index (χ0n) is 15.6. The van der Waals surface area contributed by atoms with Gasteiger partial charge < -0.3 is 19.5 Å². The molecule has 2 saturated heterocycles. The molecule has 0 amide bonds. The average molecular weight is 366 g/mol. The number of aliphatic imine (C=N–C) groups is 1. The maximum Gasteiger partial charge on any atom is 0.193 e. The van der Waals surface area contributed by atoms with E-state index in [1.54, 1.807) is 0 Å². The van der Waals surface area contributed by atoms with Crippen LogP contribution in [0.4, 0.5) is 0 Å². The van der Waals surface area contributed by atoms with Gasteiger partial charge in [-0.1, -0.05) is 6.92 Å². The standard InChI is InChI=1S/C18H31N5OS/c1-15-4-8-22(12-16(15)23-9-7-20-14-23)17(19-2)21-13-18(25-3)5-10-24-11-6-18/h7,9,14-16H,4-6,8,10-13H2,1-3H3,(H,19,21). The van der Waals surface area contributed by atoms with Gasteiger partial charge in [0.15, 0.2) is 5.96 Å². The van der Waals surface area contributed by atoms with Crippen molar-refractivity contribution >= 4 is 17.7 Å². The predicted octanol–water partition coefficient (Wildman–Crippen LogP) is 2.25. The second kappa shape index (κ2) is 8.45. The molecule has 2 unspecified atom stereocenters. The summed E-state index contributed by atoms with van der Waals surface area (Å²) in [6.07, 6.45) is 11.5. The third-order valence-electron chi connectivity index (χ3n) is 5.74. The van der Waals surface area contributed by atoms with Crippen molar-refractivity contribution in [2.24, 2.45) is 10.9 Å². The minimum absolute atomic E-state index is 0.265. The van der Waals surface area contributed by atoms with Crippen molar-refractivity contribution in [3.8, 4) is 0 Å². The van der Waals surface area contributed by atoms with E-state index in [1.165, 1.54) is 6.42 Å².